The quantitative estimate of drug-likeness (QED) is 0.794. The lowest BCUT2D eigenvalue weighted by atomic mass is 9.94. The zero-order chi connectivity index (χ0) is 17.9. The van der Waals surface area contributed by atoms with Crippen LogP contribution in [-0.2, 0) is 14.6 Å². The van der Waals surface area contributed by atoms with Gasteiger partial charge in [0.1, 0.15) is 5.82 Å². The molecule has 140 valence electrons. The summed E-state index contributed by atoms with van der Waals surface area (Å²) in [6, 6.07) is 2.07. The third-order valence-electron chi connectivity index (χ3n) is 4.96. The van der Waals surface area contributed by atoms with Crippen molar-refractivity contribution in [2.75, 3.05) is 29.5 Å². The van der Waals surface area contributed by atoms with Crippen LogP contribution >= 0.6 is 0 Å². The standard InChI is InChI=1S/C17H28N4O3S/c1-12(2)16-14(6-3-9-24-16)20-15-7-8-18-17(21-15)19-11-13-5-4-10-25(13,22)23/h7-8,12-14,16H,3-6,9-11H2,1-2H3,(H2,18,19,20,21)/t13-,14+,16+/m1/s1. The van der Waals surface area contributed by atoms with E-state index in [-0.39, 0.29) is 17.4 Å². The molecular formula is C17H28N4O3S. The van der Waals surface area contributed by atoms with Crippen LogP contribution in [0.2, 0.25) is 0 Å². The summed E-state index contributed by atoms with van der Waals surface area (Å²) in [5, 5.41) is 6.21. The minimum atomic E-state index is -2.96. The monoisotopic (exact) mass is 368 g/mol. The van der Waals surface area contributed by atoms with Crippen molar-refractivity contribution in [3.05, 3.63) is 12.3 Å². The van der Waals surface area contributed by atoms with Gasteiger partial charge in [-0.15, -0.1) is 0 Å². The van der Waals surface area contributed by atoms with Crippen LogP contribution in [0.4, 0.5) is 11.8 Å². The van der Waals surface area contributed by atoms with Gasteiger partial charge in [0, 0.05) is 19.3 Å². The maximum absolute atomic E-state index is 11.9. The molecule has 2 aliphatic heterocycles. The largest absolute Gasteiger partial charge is 0.376 e. The molecule has 7 nitrogen and oxygen atoms in total. The summed E-state index contributed by atoms with van der Waals surface area (Å²) < 4.78 is 29.7. The molecule has 3 rings (SSSR count). The zero-order valence-electron chi connectivity index (χ0n) is 14.9. The molecule has 0 bridgehead atoms. The van der Waals surface area contributed by atoms with E-state index in [9.17, 15) is 8.42 Å². The Labute approximate surface area is 149 Å². The third-order valence-corrected chi connectivity index (χ3v) is 7.24. The summed E-state index contributed by atoms with van der Waals surface area (Å²) in [5.74, 6) is 1.93. The van der Waals surface area contributed by atoms with E-state index in [0.29, 0.717) is 30.6 Å². The van der Waals surface area contributed by atoms with Crippen molar-refractivity contribution in [1.82, 2.24) is 9.97 Å². The highest BCUT2D eigenvalue weighted by atomic mass is 32.2. The van der Waals surface area contributed by atoms with Crippen LogP contribution in [-0.4, -0.2) is 54.7 Å². The summed E-state index contributed by atoms with van der Waals surface area (Å²) in [4.78, 5) is 8.69. The van der Waals surface area contributed by atoms with Crippen LogP contribution in [0.15, 0.2) is 12.3 Å². The van der Waals surface area contributed by atoms with Gasteiger partial charge in [0.25, 0.3) is 0 Å². The predicted molar refractivity (Wildman–Crippen MR) is 98.6 cm³/mol. The zero-order valence-corrected chi connectivity index (χ0v) is 15.8. The molecule has 0 aliphatic carbocycles. The lowest BCUT2D eigenvalue weighted by Crippen LogP contribution is -2.43. The van der Waals surface area contributed by atoms with Crippen LogP contribution < -0.4 is 10.6 Å². The molecule has 2 saturated heterocycles. The molecule has 0 amide bonds. The third kappa shape index (κ3) is 4.61. The maximum Gasteiger partial charge on any atom is 0.224 e. The van der Waals surface area contributed by atoms with Crippen LogP contribution in [0.1, 0.15) is 39.5 Å². The number of rotatable bonds is 6. The highest BCUT2D eigenvalue weighted by molar-refractivity contribution is 7.92. The fourth-order valence-electron chi connectivity index (χ4n) is 3.62. The van der Waals surface area contributed by atoms with E-state index in [0.717, 1.165) is 31.7 Å². The van der Waals surface area contributed by atoms with E-state index in [1.54, 1.807) is 6.20 Å². The van der Waals surface area contributed by atoms with Gasteiger partial charge in [0.05, 0.1) is 23.1 Å². The summed E-state index contributed by atoms with van der Waals surface area (Å²) in [5.41, 5.74) is 0. The Bertz CT molecular complexity index is 680. The molecule has 25 heavy (non-hydrogen) atoms. The van der Waals surface area contributed by atoms with Gasteiger partial charge in [-0.2, -0.15) is 4.98 Å². The van der Waals surface area contributed by atoms with Crippen molar-refractivity contribution in [2.24, 2.45) is 5.92 Å². The maximum atomic E-state index is 11.9. The van der Waals surface area contributed by atoms with E-state index >= 15 is 0 Å². The average Bonchev–Trinajstić information content (AvgIpc) is 2.92. The highest BCUT2D eigenvalue weighted by Gasteiger charge is 2.31. The molecule has 2 fully saturated rings. The minimum Gasteiger partial charge on any atom is -0.376 e. The number of hydrogen-bond donors (Lipinski definition) is 2. The van der Waals surface area contributed by atoms with E-state index in [1.165, 1.54) is 0 Å². The molecule has 2 aliphatic rings. The first kappa shape index (κ1) is 18.4. The SMILES string of the molecule is CC(C)[C@@H]1OCCC[C@@H]1Nc1ccnc(NC[C@H]2CCCS2(=O)=O)n1. The van der Waals surface area contributed by atoms with Gasteiger partial charge in [-0.05, 0) is 37.7 Å². The molecule has 0 radical (unpaired) electrons. The molecule has 0 unspecified atom stereocenters. The van der Waals surface area contributed by atoms with Gasteiger partial charge < -0.3 is 15.4 Å². The van der Waals surface area contributed by atoms with Crippen molar-refractivity contribution in [1.29, 1.82) is 0 Å². The Hall–Kier alpha value is -1.41. The second-order valence-electron chi connectivity index (χ2n) is 7.25. The molecule has 0 aromatic carbocycles. The number of aromatic nitrogens is 2. The first-order valence-electron chi connectivity index (χ1n) is 9.12. The van der Waals surface area contributed by atoms with Crippen LogP contribution in [0.3, 0.4) is 0 Å². The topological polar surface area (TPSA) is 93.2 Å². The van der Waals surface area contributed by atoms with Crippen LogP contribution in [0, 0.1) is 5.92 Å². The number of nitrogens with zero attached hydrogens (tertiary/aromatic N) is 2. The van der Waals surface area contributed by atoms with Crippen molar-refractivity contribution < 1.29 is 13.2 Å². The molecular weight excluding hydrogens is 340 g/mol. The Morgan fingerprint density at radius 2 is 2.16 bits per heavy atom. The van der Waals surface area contributed by atoms with Gasteiger partial charge >= 0.3 is 0 Å². The first-order valence-corrected chi connectivity index (χ1v) is 10.8. The average molecular weight is 369 g/mol. The van der Waals surface area contributed by atoms with Crippen molar-refractivity contribution in [2.45, 2.75) is 56.9 Å². The summed E-state index contributed by atoms with van der Waals surface area (Å²) in [7, 11) is -2.96. The number of anilines is 2. The number of hydrogen-bond acceptors (Lipinski definition) is 7. The molecule has 1 aromatic heterocycles. The van der Waals surface area contributed by atoms with Crippen molar-refractivity contribution >= 4 is 21.6 Å². The molecule has 2 N–H and O–H groups in total. The highest BCUT2D eigenvalue weighted by Crippen LogP contribution is 2.24. The predicted octanol–water partition coefficient (Wildman–Crippen LogP) is 2.08. The van der Waals surface area contributed by atoms with Gasteiger partial charge in [-0.3, -0.25) is 0 Å². The lowest BCUT2D eigenvalue weighted by Gasteiger charge is -2.35. The van der Waals surface area contributed by atoms with E-state index in [1.807, 2.05) is 6.07 Å². The second-order valence-corrected chi connectivity index (χ2v) is 9.65. The Morgan fingerprint density at radius 1 is 1.32 bits per heavy atom. The fraction of sp³-hybridized carbons (Fsp3) is 0.765. The van der Waals surface area contributed by atoms with E-state index in [4.69, 9.17) is 4.74 Å². The van der Waals surface area contributed by atoms with E-state index in [2.05, 4.69) is 34.4 Å². The van der Waals surface area contributed by atoms with Gasteiger partial charge in [0.15, 0.2) is 9.84 Å². The van der Waals surface area contributed by atoms with Crippen molar-refractivity contribution in [3.8, 4) is 0 Å². The summed E-state index contributed by atoms with van der Waals surface area (Å²) >= 11 is 0. The normalized spacial score (nSPS) is 28.8. The van der Waals surface area contributed by atoms with Crippen LogP contribution in [0.25, 0.3) is 0 Å². The Kier molecular flexibility index (Phi) is 5.78. The van der Waals surface area contributed by atoms with Crippen LogP contribution in [0.5, 0.6) is 0 Å². The number of ether oxygens (including phenoxy) is 1. The van der Waals surface area contributed by atoms with Crippen molar-refractivity contribution in [3.63, 3.8) is 0 Å². The fourth-order valence-corrected chi connectivity index (χ4v) is 5.39. The Balaban J connectivity index is 1.61. The summed E-state index contributed by atoms with van der Waals surface area (Å²) in [6.45, 7) is 5.51. The second kappa shape index (κ2) is 7.86. The van der Waals surface area contributed by atoms with Gasteiger partial charge in [-0.25, -0.2) is 13.4 Å². The number of sulfone groups is 1. The molecule has 3 atom stereocenters. The van der Waals surface area contributed by atoms with Gasteiger partial charge in [-0.1, -0.05) is 13.8 Å². The minimum absolute atomic E-state index is 0.170. The lowest BCUT2D eigenvalue weighted by molar-refractivity contribution is -0.0203. The molecule has 3 heterocycles. The summed E-state index contributed by atoms with van der Waals surface area (Å²) in [6.07, 6.45) is 5.41. The van der Waals surface area contributed by atoms with E-state index < -0.39 is 9.84 Å². The van der Waals surface area contributed by atoms with Gasteiger partial charge in [0.2, 0.25) is 5.95 Å². The molecule has 0 spiro atoms. The Morgan fingerprint density at radius 3 is 2.88 bits per heavy atom. The molecule has 1 aromatic rings. The first-order chi connectivity index (χ1) is 12.0. The number of nitrogens with one attached hydrogen (secondary N) is 2. The molecule has 8 heteroatoms. The molecule has 0 saturated carbocycles. The smallest absolute Gasteiger partial charge is 0.224 e.